The third-order valence-electron chi connectivity index (χ3n) is 3.56. The van der Waals surface area contributed by atoms with Crippen LogP contribution in [0.5, 0.6) is 0 Å². The van der Waals surface area contributed by atoms with Gasteiger partial charge in [-0.05, 0) is 18.8 Å². The fraction of sp³-hybridized carbons (Fsp3) is 0.545. The Morgan fingerprint density at radius 1 is 1.47 bits per heavy atom. The van der Waals surface area contributed by atoms with Crippen molar-refractivity contribution in [2.24, 2.45) is 13.0 Å². The Kier molecular flexibility index (Phi) is 2.17. The summed E-state index contributed by atoms with van der Waals surface area (Å²) >= 11 is 0. The summed E-state index contributed by atoms with van der Waals surface area (Å²) in [5.41, 5.74) is 0.188. The van der Waals surface area contributed by atoms with Crippen LogP contribution in [0.4, 0.5) is 0 Å². The number of aromatic amines is 1. The van der Waals surface area contributed by atoms with Gasteiger partial charge in [-0.1, -0.05) is 6.42 Å². The predicted molar refractivity (Wildman–Crippen MR) is 62.9 cm³/mol. The molecule has 6 nitrogen and oxygen atoms in total. The second-order valence-electron chi connectivity index (χ2n) is 4.68. The lowest BCUT2D eigenvalue weighted by Gasteiger charge is -2.25. The molecule has 0 amide bonds. The van der Waals surface area contributed by atoms with Crippen molar-refractivity contribution < 1.29 is 0 Å². The zero-order chi connectivity index (χ0) is 12.0. The highest BCUT2D eigenvalue weighted by Crippen LogP contribution is 2.28. The lowest BCUT2D eigenvalue weighted by Crippen LogP contribution is -2.29. The molecular weight excluding hydrogens is 220 g/mol. The second kappa shape index (κ2) is 3.58. The minimum absolute atomic E-state index is 0.347. The van der Waals surface area contributed by atoms with E-state index < -0.39 is 5.69 Å². The molecule has 2 heterocycles. The van der Waals surface area contributed by atoms with Gasteiger partial charge in [0.05, 0.1) is 6.33 Å². The van der Waals surface area contributed by atoms with E-state index >= 15 is 0 Å². The molecule has 0 radical (unpaired) electrons. The maximum atomic E-state index is 11.8. The number of aryl methyl sites for hydroxylation is 1. The van der Waals surface area contributed by atoms with Gasteiger partial charge in [-0.3, -0.25) is 14.3 Å². The van der Waals surface area contributed by atoms with Gasteiger partial charge in [-0.2, -0.15) is 0 Å². The zero-order valence-electron chi connectivity index (χ0n) is 9.64. The Balaban J connectivity index is 2.17. The van der Waals surface area contributed by atoms with Gasteiger partial charge in [0.25, 0.3) is 5.56 Å². The van der Waals surface area contributed by atoms with Crippen LogP contribution in [0.15, 0.2) is 15.9 Å². The van der Waals surface area contributed by atoms with E-state index in [2.05, 4.69) is 9.97 Å². The van der Waals surface area contributed by atoms with Crippen molar-refractivity contribution in [1.82, 2.24) is 19.1 Å². The predicted octanol–water partition coefficient (Wildman–Crippen LogP) is 0.223. The summed E-state index contributed by atoms with van der Waals surface area (Å²) in [5, 5.41) is 0. The first kappa shape index (κ1) is 10.3. The van der Waals surface area contributed by atoms with Gasteiger partial charge in [-0.15, -0.1) is 0 Å². The molecule has 0 aliphatic heterocycles. The SMILES string of the molecule is Cn1c(=O)[nH]c(=O)c2c1ncn2CC1CCC1. The number of imidazole rings is 1. The van der Waals surface area contributed by atoms with E-state index in [0.717, 1.165) is 6.54 Å². The van der Waals surface area contributed by atoms with Gasteiger partial charge in [0.15, 0.2) is 11.2 Å². The average Bonchev–Trinajstić information content (AvgIpc) is 2.64. The van der Waals surface area contributed by atoms with Crippen molar-refractivity contribution >= 4 is 11.2 Å². The quantitative estimate of drug-likeness (QED) is 0.808. The summed E-state index contributed by atoms with van der Waals surface area (Å²) in [5.74, 6) is 0.643. The van der Waals surface area contributed by atoms with E-state index in [4.69, 9.17) is 0 Å². The van der Waals surface area contributed by atoms with E-state index in [0.29, 0.717) is 17.1 Å². The van der Waals surface area contributed by atoms with Gasteiger partial charge in [0.2, 0.25) is 0 Å². The topological polar surface area (TPSA) is 72.7 Å². The maximum absolute atomic E-state index is 11.8. The highest BCUT2D eigenvalue weighted by molar-refractivity contribution is 5.69. The molecule has 0 aromatic carbocycles. The Bertz CT molecular complexity index is 675. The molecule has 1 aliphatic carbocycles. The monoisotopic (exact) mass is 234 g/mol. The fourth-order valence-corrected chi connectivity index (χ4v) is 2.28. The third-order valence-corrected chi connectivity index (χ3v) is 3.56. The summed E-state index contributed by atoms with van der Waals surface area (Å²) in [6.45, 7) is 0.817. The second-order valence-corrected chi connectivity index (χ2v) is 4.68. The minimum Gasteiger partial charge on any atom is -0.324 e. The van der Waals surface area contributed by atoms with Crippen LogP contribution in [0.25, 0.3) is 11.2 Å². The number of nitrogens with zero attached hydrogens (tertiary/aromatic N) is 3. The summed E-state index contributed by atoms with van der Waals surface area (Å²) < 4.78 is 3.23. The van der Waals surface area contributed by atoms with Gasteiger partial charge in [-0.25, -0.2) is 9.78 Å². The van der Waals surface area contributed by atoms with Crippen molar-refractivity contribution in [3.8, 4) is 0 Å². The van der Waals surface area contributed by atoms with E-state index in [1.165, 1.54) is 23.8 Å². The fourth-order valence-electron chi connectivity index (χ4n) is 2.28. The highest BCUT2D eigenvalue weighted by Gasteiger charge is 2.20. The summed E-state index contributed by atoms with van der Waals surface area (Å²) in [6, 6.07) is 0. The van der Waals surface area contributed by atoms with Crippen molar-refractivity contribution in [2.45, 2.75) is 25.8 Å². The van der Waals surface area contributed by atoms with Crippen LogP contribution in [0.3, 0.4) is 0 Å². The molecule has 1 aliphatic rings. The molecule has 6 heteroatoms. The van der Waals surface area contributed by atoms with Crippen LogP contribution in [0.2, 0.25) is 0 Å². The maximum Gasteiger partial charge on any atom is 0.329 e. The van der Waals surface area contributed by atoms with Crippen LogP contribution >= 0.6 is 0 Å². The summed E-state index contributed by atoms with van der Waals surface area (Å²) in [4.78, 5) is 29.7. The molecule has 2 aromatic heterocycles. The summed E-state index contributed by atoms with van der Waals surface area (Å²) in [7, 11) is 1.61. The third kappa shape index (κ3) is 1.51. The smallest absolute Gasteiger partial charge is 0.324 e. The number of hydrogen-bond acceptors (Lipinski definition) is 3. The molecule has 1 N–H and O–H groups in total. The first-order valence-corrected chi connectivity index (χ1v) is 5.81. The lowest BCUT2D eigenvalue weighted by atomic mass is 9.85. The number of H-pyrrole nitrogens is 1. The van der Waals surface area contributed by atoms with Crippen molar-refractivity contribution in [1.29, 1.82) is 0 Å². The Hall–Kier alpha value is -1.85. The van der Waals surface area contributed by atoms with Gasteiger partial charge in [0, 0.05) is 13.6 Å². The van der Waals surface area contributed by atoms with E-state index in [1.54, 1.807) is 13.4 Å². The first-order chi connectivity index (χ1) is 8.16. The molecule has 90 valence electrons. The van der Waals surface area contributed by atoms with Gasteiger partial charge >= 0.3 is 5.69 Å². The van der Waals surface area contributed by atoms with Crippen LogP contribution < -0.4 is 11.2 Å². The molecule has 1 saturated carbocycles. The summed E-state index contributed by atoms with van der Waals surface area (Å²) in [6.07, 6.45) is 5.34. The number of fused-ring (bicyclic) bond motifs is 1. The van der Waals surface area contributed by atoms with Crippen LogP contribution in [0.1, 0.15) is 19.3 Å². The van der Waals surface area contributed by atoms with E-state index in [9.17, 15) is 9.59 Å². The normalized spacial score (nSPS) is 16.3. The van der Waals surface area contributed by atoms with E-state index in [-0.39, 0.29) is 5.56 Å². The van der Waals surface area contributed by atoms with Crippen LogP contribution in [-0.4, -0.2) is 19.1 Å². The molecule has 0 unspecified atom stereocenters. The molecule has 2 aromatic rings. The molecule has 0 saturated heterocycles. The Morgan fingerprint density at radius 3 is 2.88 bits per heavy atom. The molecular formula is C11H14N4O2. The molecule has 1 fully saturated rings. The molecule has 0 atom stereocenters. The van der Waals surface area contributed by atoms with Crippen LogP contribution in [-0.2, 0) is 13.6 Å². The number of rotatable bonds is 2. The van der Waals surface area contributed by atoms with Crippen molar-refractivity contribution in [3.05, 3.63) is 27.2 Å². The Labute approximate surface area is 96.9 Å². The lowest BCUT2D eigenvalue weighted by molar-refractivity contribution is 0.279. The molecule has 0 bridgehead atoms. The van der Waals surface area contributed by atoms with E-state index in [1.807, 2.05) is 4.57 Å². The largest absolute Gasteiger partial charge is 0.329 e. The number of hydrogen-bond donors (Lipinski definition) is 1. The minimum atomic E-state index is -0.420. The van der Waals surface area contributed by atoms with Gasteiger partial charge in [0.1, 0.15) is 0 Å². The van der Waals surface area contributed by atoms with Gasteiger partial charge < -0.3 is 4.57 Å². The number of nitrogens with one attached hydrogen (secondary N) is 1. The average molecular weight is 234 g/mol. The first-order valence-electron chi connectivity index (χ1n) is 5.81. The number of aromatic nitrogens is 4. The zero-order valence-corrected chi connectivity index (χ0v) is 9.64. The highest BCUT2D eigenvalue weighted by atomic mass is 16.2. The molecule has 3 rings (SSSR count). The van der Waals surface area contributed by atoms with Crippen molar-refractivity contribution in [3.63, 3.8) is 0 Å². The standard InChI is InChI=1S/C11H14N4O2/c1-14-9-8(10(16)13-11(14)17)15(6-12-9)5-7-3-2-4-7/h6-7H,2-5H2,1H3,(H,13,16,17). The molecule has 0 spiro atoms. The van der Waals surface area contributed by atoms with Crippen molar-refractivity contribution in [2.75, 3.05) is 0 Å². The van der Waals surface area contributed by atoms with Crippen LogP contribution in [0, 0.1) is 5.92 Å². The molecule has 17 heavy (non-hydrogen) atoms. The Morgan fingerprint density at radius 2 is 2.24 bits per heavy atom.